The van der Waals surface area contributed by atoms with Gasteiger partial charge in [0.2, 0.25) is 0 Å². The first-order valence-electron chi connectivity index (χ1n) is 8.93. The number of likely N-dealkylation sites (N-methyl/N-ethyl adjacent to an activating group) is 1. The van der Waals surface area contributed by atoms with Crippen molar-refractivity contribution in [2.24, 2.45) is 0 Å². The number of anilines is 3. The van der Waals surface area contributed by atoms with Gasteiger partial charge in [-0.1, -0.05) is 6.92 Å². The van der Waals surface area contributed by atoms with Gasteiger partial charge in [-0.25, -0.2) is 9.97 Å². The molecule has 4 N–H and O–H groups in total. The van der Waals surface area contributed by atoms with Crippen LogP contribution in [0.15, 0.2) is 17.2 Å². The van der Waals surface area contributed by atoms with Crippen molar-refractivity contribution in [1.29, 1.82) is 0 Å². The van der Waals surface area contributed by atoms with Crippen molar-refractivity contribution in [2.75, 3.05) is 31.2 Å². The number of carbonyl (C=O) groups is 1. The van der Waals surface area contributed by atoms with Gasteiger partial charge in [0.15, 0.2) is 0 Å². The summed E-state index contributed by atoms with van der Waals surface area (Å²) in [6.07, 6.45) is 1.93. The summed E-state index contributed by atoms with van der Waals surface area (Å²) in [6, 6.07) is 1.67. The predicted octanol–water partition coefficient (Wildman–Crippen LogP) is 1.16. The number of nitrogens with one attached hydrogen (secondary N) is 2. The summed E-state index contributed by atoms with van der Waals surface area (Å²) < 4.78 is 1.53. The standard InChI is InChI=1S/C18H25N7O2/c1-5-6-24(4)8-13-23-17(26)14-10(2)7-12(18(27)25(13)14)22-16-11(3)15(19)20-9-21-16/h7,9,13H,5-6,8H2,1-4H3,(H,23,26)(H3,19,20,21,22)/t13-/m1/s1. The minimum Gasteiger partial charge on any atom is -0.383 e. The van der Waals surface area contributed by atoms with E-state index in [2.05, 4.69) is 32.4 Å². The van der Waals surface area contributed by atoms with E-state index in [1.807, 2.05) is 14.0 Å². The number of nitrogens with two attached hydrogens (primary N) is 1. The Bertz CT molecular complexity index is 938. The first kappa shape index (κ1) is 18.8. The zero-order valence-corrected chi connectivity index (χ0v) is 16.0. The monoisotopic (exact) mass is 371 g/mol. The van der Waals surface area contributed by atoms with E-state index in [1.165, 1.54) is 10.9 Å². The summed E-state index contributed by atoms with van der Waals surface area (Å²) >= 11 is 0. The van der Waals surface area contributed by atoms with Crippen molar-refractivity contribution < 1.29 is 4.79 Å². The number of aromatic nitrogens is 3. The van der Waals surface area contributed by atoms with E-state index in [9.17, 15) is 9.59 Å². The molecule has 0 aromatic carbocycles. The quantitative estimate of drug-likeness (QED) is 0.697. The van der Waals surface area contributed by atoms with Gasteiger partial charge in [-0.3, -0.25) is 14.2 Å². The average molecular weight is 371 g/mol. The van der Waals surface area contributed by atoms with Crippen LogP contribution in [0.1, 0.15) is 41.1 Å². The molecule has 1 aliphatic rings. The summed E-state index contributed by atoms with van der Waals surface area (Å²) in [5.41, 5.74) is 7.67. The number of carbonyl (C=O) groups excluding carboxylic acids is 1. The Labute approximate surface area is 157 Å². The number of nitrogen functional groups attached to an aromatic ring is 1. The maximum Gasteiger partial charge on any atom is 0.276 e. The van der Waals surface area contributed by atoms with Gasteiger partial charge in [0.05, 0.1) is 0 Å². The van der Waals surface area contributed by atoms with Crippen molar-refractivity contribution in [2.45, 2.75) is 33.4 Å². The minimum absolute atomic E-state index is 0.228. The molecule has 0 aliphatic carbocycles. The Morgan fingerprint density at radius 2 is 2.07 bits per heavy atom. The fraction of sp³-hybridized carbons (Fsp3) is 0.444. The lowest BCUT2D eigenvalue weighted by Crippen LogP contribution is -2.37. The molecule has 9 nitrogen and oxygen atoms in total. The first-order chi connectivity index (χ1) is 12.8. The summed E-state index contributed by atoms with van der Waals surface area (Å²) in [7, 11) is 1.97. The SMILES string of the molecule is CCCN(C)C[C@@H]1NC(=O)c2c(C)cc(Nc3ncnc(N)c3C)c(=O)n21. The molecular weight excluding hydrogens is 346 g/mol. The third-order valence-electron chi connectivity index (χ3n) is 4.72. The van der Waals surface area contributed by atoms with Crippen LogP contribution in [-0.2, 0) is 0 Å². The van der Waals surface area contributed by atoms with Crippen molar-refractivity contribution in [3.8, 4) is 0 Å². The number of pyridine rings is 1. The number of rotatable bonds is 6. The second-order valence-corrected chi connectivity index (χ2v) is 6.87. The zero-order chi connectivity index (χ0) is 19.7. The Kier molecular flexibility index (Phi) is 5.13. The van der Waals surface area contributed by atoms with Crippen LogP contribution < -0.4 is 21.9 Å². The van der Waals surface area contributed by atoms with E-state index < -0.39 is 6.17 Å². The molecule has 0 radical (unpaired) electrons. The fourth-order valence-corrected chi connectivity index (χ4v) is 3.34. The lowest BCUT2D eigenvalue weighted by Gasteiger charge is -2.22. The molecule has 9 heteroatoms. The molecule has 1 atom stereocenters. The van der Waals surface area contributed by atoms with Gasteiger partial charge in [-0.2, -0.15) is 0 Å². The van der Waals surface area contributed by atoms with Crippen LogP contribution in [-0.4, -0.2) is 45.5 Å². The van der Waals surface area contributed by atoms with Gasteiger partial charge in [0, 0.05) is 12.1 Å². The Morgan fingerprint density at radius 3 is 2.78 bits per heavy atom. The Balaban J connectivity index is 2.02. The van der Waals surface area contributed by atoms with Crippen LogP contribution in [0.5, 0.6) is 0 Å². The highest BCUT2D eigenvalue weighted by molar-refractivity contribution is 5.96. The maximum atomic E-state index is 13.1. The van der Waals surface area contributed by atoms with E-state index in [0.717, 1.165) is 18.5 Å². The fourth-order valence-electron chi connectivity index (χ4n) is 3.34. The molecule has 0 saturated carbocycles. The van der Waals surface area contributed by atoms with Gasteiger partial charge in [0.25, 0.3) is 11.5 Å². The van der Waals surface area contributed by atoms with Crippen molar-refractivity contribution in [3.05, 3.63) is 39.6 Å². The highest BCUT2D eigenvalue weighted by Crippen LogP contribution is 2.24. The molecule has 144 valence electrons. The van der Waals surface area contributed by atoms with Crippen molar-refractivity contribution in [3.63, 3.8) is 0 Å². The van der Waals surface area contributed by atoms with Crippen molar-refractivity contribution in [1.82, 2.24) is 24.8 Å². The van der Waals surface area contributed by atoms with E-state index in [-0.39, 0.29) is 11.5 Å². The summed E-state index contributed by atoms with van der Waals surface area (Å²) in [5.74, 6) is 0.589. The van der Waals surface area contributed by atoms with E-state index in [1.54, 1.807) is 13.0 Å². The van der Waals surface area contributed by atoms with Gasteiger partial charge in [-0.15, -0.1) is 0 Å². The normalized spacial score (nSPS) is 15.7. The molecule has 0 spiro atoms. The molecule has 2 aromatic rings. The molecule has 0 unspecified atom stereocenters. The third-order valence-corrected chi connectivity index (χ3v) is 4.72. The largest absolute Gasteiger partial charge is 0.383 e. The van der Waals surface area contributed by atoms with Crippen molar-refractivity contribution >= 4 is 23.2 Å². The lowest BCUT2D eigenvalue weighted by atomic mass is 10.2. The number of hydrogen-bond donors (Lipinski definition) is 3. The summed E-state index contributed by atoms with van der Waals surface area (Å²) in [4.78, 5) is 35.7. The second kappa shape index (κ2) is 7.36. The molecular formula is C18H25N7O2. The number of amides is 1. The number of hydrogen-bond acceptors (Lipinski definition) is 7. The summed E-state index contributed by atoms with van der Waals surface area (Å²) in [5, 5.41) is 5.96. The van der Waals surface area contributed by atoms with E-state index in [4.69, 9.17) is 5.73 Å². The average Bonchev–Trinajstić information content (AvgIpc) is 2.93. The number of nitrogens with zero attached hydrogens (tertiary/aromatic N) is 4. The zero-order valence-electron chi connectivity index (χ0n) is 16.0. The smallest absolute Gasteiger partial charge is 0.276 e. The molecule has 1 aliphatic heterocycles. The Hall–Kier alpha value is -2.94. The van der Waals surface area contributed by atoms with Gasteiger partial charge in [0.1, 0.15) is 35.5 Å². The maximum absolute atomic E-state index is 13.1. The van der Waals surface area contributed by atoms with E-state index >= 15 is 0 Å². The van der Waals surface area contributed by atoms with Gasteiger partial charge in [-0.05, 0) is 45.5 Å². The van der Waals surface area contributed by atoms with Gasteiger partial charge < -0.3 is 21.3 Å². The van der Waals surface area contributed by atoms with Crippen LogP contribution in [0.2, 0.25) is 0 Å². The summed E-state index contributed by atoms with van der Waals surface area (Å²) in [6.45, 7) is 7.12. The van der Waals surface area contributed by atoms with Crippen LogP contribution in [0, 0.1) is 13.8 Å². The molecule has 0 fully saturated rings. The minimum atomic E-state index is -0.409. The third kappa shape index (κ3) is 3.50. The predicted molar refractivity (Wildman–Crippen MR) is 104 cm³/mol. The van der Waals surface area contributed by atoms with Crippen LogP contribution in [0.25, 0.3) is 0 Å². The first-order valence-corrected chi connectivity index (χ1v) is 8.93. The molecule has 3 heterocycles. The molecule has 0 saturated heterocycles. The van der Waals surface area contributed by atoms with Crippen LogP contribution in [0.4, 0.5) is 17.3 Å². The molecule has 27 heavy (non-hydrogen) atoms. The topological polar surface area (TPSA) is 118 Å². The highest BCUT2D eigenvalue weighted by atomic mass is 16.2. The molecule has 3 rings (SSSR count). The van der Waals surface area contributed by atoms with Crippen LogP contribution >= 0.6 is 0 Å². The second-order valence-electron chi connectivity index (χ2n) is 6.87. The lowest BCUT2D eigenvalue weighted by molar-refractivity contribution is 0.0948. The molecule has 1 amide bonds. The van der Waals surface area contributed by atoms with E-state index in [0.29, 0.717) is 35.1 Å². The number of fused-ring (bicyclic) bond motifs is 1. The molecule has 0 bridgehead atoms. The Morgan fingerprint density at radius 1 is 1.33 bits per heavy atom. The molecule has 2 aromatic heterocycles. The highest BCUT2D eigenvalue weighted by Gasteiger charge is 2.32. The number of aryl methyl sites for hydroxylation is 1. The van der Waals surface area contributed by atoms with Gasteiger partial charge >= 0.3 is 0 Å². The van der Waals surface area contributed by atoms with Crippen LogP contribution in [0.3, 0.4) is 0 Å².